The molecule has 36 heavy (non-hydrogen) atoms. The van der Waals surface area contributed by atoms with Crippen molar-refractivity contribution < 1.29 is 28.3 Å². The standard InChI is InChI=1S/C28H31FN2O5/c1-34-20-10-13-31(14-11-20)17-19-4-8-24(29)28-22(19)7-9-26(28)36-21-5-2-18(3-6-21)23(16-27(32)33)25-12-15-35-30-25/h2-6,8,12,15,20,23,26H,7,9-11,13-14,16-17H2,1H3,(H,32,33)/t23-,26+/m0/s1. The first-order chi connectivity index (χ1) is 17.5. The van der Waals surface area contributed by atoms with Crippen molar-refractivity contribution in [2.45, 2.75) is 56.8 Å². The van der Waals surface area contributed by atoms with Gasteiger partial charge < -0.3 is 19.1 Å². The van der Waals surface area contributed by atoms with Gasteiger partial charge in [0.2, 0.25) is 0 Å². The summed E-state index contributed by atoms with van der Waals surface area (Å²) in [5, 5.41) is 13.3. The molecule has 0 amide bonds. The zero-order valence-electron chi connectivity index (χ0n) is 20.4. The highest BCUT2D eigenvalue weighted by molar-refractivity contribution is 5.68. The van der Waals surface area contributed by atoms with Crippen LogP contribution in [0.5, 0.6) is 5.75 Å². The first-order valence-electron chi connectivity index (χ1n) is 12.5. The summed E-state index contributed by atoms with van der Waals surface area (Å²) in [5.41, 5.74) is 4.27. The topological polar surface area (TPSA) is 85.0 Å². The number of fused-ring (bicyclic) bond motifs is 1. The molecule has 1 aliphatic carbocycles. The number of aromatic nitrogens is 1. The minimum Gasteiger partial charge on any atom is -0.486 e. The van der Waals surface area contributed by atoms with Crippen molar-refractivity contribution in [1.29, 1.82) is 0 Å². The molecule has 3 aromatic rings. The molecule has 7 nitrogen and oxygen atoms in total. The van der Waals surface area contributed by atoms with Gasteiger partial charge in [0.15, 0.2) is 0 Å². The maximum atomic E-state index is 15.0. The Kier molecular flexibility index (Phi) is 7.34. The Morgan fingerprint density at radius 1 is 1.17 bits per heavy atom. The predicted molar refractivity (Wildman–Crippen MR) is 130 cm³/mol. The summed E-state index contributed by atoms with van der Waals surface area (Å²) in [5.74, 6) is -0.938. The van der Waals surface area contributed by atoms with Crippen LogP contribution in [0.3, 0.4) is 0 Å². The monoisotopic (exact) mass is 494 g/mol. The van der Waals surface area contributed by atoms with Crippen LogP contribution in [-0.2, 0) is 22.5 Å². The number of benzene rings is 2. The average Bonchev–Trinajstić information content (AvgIpc) is 3.57. The van der Waals surface area contributed by atoms with Gasteiger partial charge in [-0.25, -0.2) is 4.39 Å². The molecule has 1 aromatic heterocycles. The van der Waals surface area contributed by atoms with Crippen LogP contribution in [0.2, 0.25) is 0 Å². The summed E-state index contributed by atoms with van der Waals surface area (Å²) in [4.78, 5) is 13.8. The van der Waals surface area contributed by atoms with Crippen LogP contribution in [0.1, 0.15) is 65.7 Å². The van der Waals surface area contributed by atoms with E-state index >= 15 is 0 Å². The summed E-state index contributed by atoms with van der Waals surface area (Å²) in [7, 11) is 1.77. The maximum Gasteiger partial charge on any atom is 0.304 e. The molecular formula is C28H31FN2O5. The van der Waals surface area contributed by atoms with Crippen molar-refractivity contribution in [2.24, 2.45) is 0 Å². The molecule has 5 rings (SSSR count). The second kappa shape index (κ2) is 10.8. The molecule has 2 atom stereocenters. The number of piperidine rings is 1. The number of carboxylic acid groups (broad SMARTS) is 1. The van der Waals surface area contributed by atoms with E-state index in [1.165, 1.54) is 11.8 Å². The van der Waals surface area contributed by atoms with Crippen LogP contribution in [0.25, 0.3) is 0 Å². The van der Waals surface area contributed by atoms with Gasteiger partial charge in [-0.15, -0.1) is 0 Å². The lowest BCUT2D eigenvalue weighted by Gasteiger charge is -2.31. The van der Waals surface area contributed by atoms with Gasteiger partial charge in [0.05, 0.1) is 18.2 Å². The van der Waals surface area contributed by atoms with Crippen LogP contribution in [0.15, 0.2) is 53.3 Å². The number of hydrogen-bond donors (Lipinski definition) is 1. The smallest absolute Gasteiger partial charge is 0.304 e. The summed E-state index contributed by atoms with van der Waals surface area (Å²) in [6.07, 6.45) is 4.86. The second-order valence-electron chi connectivity index (χ2n) is 9.60. The van der Waals surface area contributed by atoms with E-state index in [2.05, 4.69) is 10.1 Å². The Balaban J connectivity index is 1.29. The fourth-order valence-electron chi connectivity index (χ4n) is 5.47. The lowest BCUT2D eigenvalue weighted by molar-refractivity contribution is -0.137. The van der Waals surface area contributed by atoms with E-state index in [4.69, 9.17) is 14.0 Å². The molecule has 0 unspecified atom stereocenters. The Morgan fingerprint density at radius 3 is 2.61 bits per heavy atom. The number of halogens is 1. The van der Waals surface area contributed by atoms with Crippen molar-refractivity contribution in [3.8, 4) is 5.75 Å². The number of hydrogen-bond acceptors (Lipinski definition) is 6. The second-order valence-corrected chi connectivity index (χ2v) is 9.60. The third-order valence-electron chi connectivity index (χ3n) is 7.40. The van der Waals surface area contributed by atoms with Crippen LogP contribution < -0.4 is 4.74 Å². The van der Waals surface area contributed by atoms with E-state index in [-0.39, 0.29) is 18.3 Å². The van der Waals surface area contributed by atoms with Crippen molar-refractivity contribution in [2.75, 3.05) is 20.2 Å². The Morgan fingerprint density at radius 2 is 1.94 bits per heavy atom. The fraction of sp³-hybridized carbons (Fsp3) is 0.429. The number of rotatable bonds is 9. The first kappa shape index (κ1) is 24.5. The molecule has 1 fully saturated rings. The van der Waals surface area contributed by atoms with Gasteiger partial charge in [0, 0.05) is 44.3 Å². The summed E-state index contributed by atoms with van der Waals surface area (Å²) in [6.45, 7) is 2.77. The van der Waals surface area contributed by atoms with Gasteiger partial charge >= 0.3 is 5.97 Å². The largest absolute Gasteiger partial charge is 0.486 e. The van der Waals surface area contributed by atoms with Crippen molar-refractivity contribution in [3.05, 3.63) is 82.5 Å². The highest BCUT2D eigenvalue weighted by atomic mass is 19.1. The van der Waals surface area contributed by atoms with E-state index in [9.17, 15) is 14.3 Å². The summed E-state index contributed by atoms with van der Waals surface area (Å²) in [6, 6.07) is 12.4. The lowest BCUT2D eigenvalue weighted by Crippen LogP contribution is -2.36. The minimum atomic E-state index is -0.916. The molecule has 0 saturated carbocycles. The molecule has 190 valence electrons. The van der Waals surface area contributed by atoms with Crippen molar-refractivity contribution in [1.82, 2.24) is 10.1 Å². The molecule has 1 saturated heterocycles. The molecule has 8 heteroatoms. The summed E-state index contributed by atoms with van der Waals surface area (Å²) >= 11 is 0. The molecule has 0 bridgehead atoms. The molecule has 0 radical (unpaired) electrons. The number of likely N-dealkylation sites (tertiary alicyclic amines) is 1. The van der Waals surface area contributed by atoms with E-state index < -0.39 is 11.9 Å². The number of methoxy groups -OCH3 is 1. The maximum absolute atomic E-state index is 15.0. The van der Waals surface area contributed by atoms with Gasteiger partial charge in [0.25, 0.3) is 0 Å². The van der Waals surface area contributed by atoms with Gasteiger partial charge in [-0.2, -0.15) is 0 Å². The first-order valence-corrected chi connectivity index (χ1v) is 12.5. The van der Waals surface area contributed by atoms with Gasteiger partial charge in [-0.05, 0) is 60.6 Å². The zero-order chi connectivity index (χ0) is 25.1. The normalized spacial score (nSPS) is 19.2. The third kappa shape index (κ3) is 5.29. The van der Waals surface area contributed by atoms with Gasteiger partial charge in [-0.3, -0.25) is 9.69 Å². The Hall–Kier alpha value is -3.23. The van der Waals surface area contributed by atoms with Crippen LogP contribution in [0.4, 0.5) is 4.39 Å². The Bertz CT molecular complexity index is 1170. The van der Waals surface area contributed by atoms with Crippen LogP contribution >= 0.6 is 0 Å². The number of ether oxygens (including phenoxy) is 2. The quantitative estimate of drug-likeness (QED) is 0.443. The van der Waals surface area contributed by atoms with Gasteiger partial charge in [-0.1, -0.05) is 23.4 Å². The molecule has 2 aromatic carbocycles. The van der Waals surface area contributed by atoms with E-state index in [1.54, 1.807) is 19.2 Å². The highest BCUT2D eigenvalue weighted by Gasteiger charge is 2.31. The summed E-state index contributed by atoms with van der Waals surface area (Å²) < 4.78 is 31.6. The lowest BCUT2D eigenvalue weighted by atomic mass is 9.92. The number of aliphatic carboxylic acids is 1. The van der Waals surface area contributed by atoms with Crippen LogP contribution in [-0.4, -0.2) is 47.4 Å². The number of nitrogens with zero attached hydrogens (tertiary/aromatic N) is 2. The molecular weight excluding hydrogens is 463 g/mol. The number of carbonyl (C=O) groups is 1. The predicted octanol–water partition coefficient (Wildman–Crippen LogP) is 5.10. The molecule has 1 aliphatic heterocycles. The van der Waals surface area contributed by atoms with E-state index in [1.807, 2.05) is 30.3 Å². The fourth-order valence-corrected chi connectivity index (χ4v) is 5.47. The molecule has 1 N–H and O–H groups in total. The van der Waals surface area contributed by atoms with Gasteiger partial charge in [0.1, 0.15) is 23.9 Å². The SMILES string of the molecule is COC1CCN(Cc2ccc(F)c3c2CC[C@H]3Oc2ccc([C@H](CC(=O)O)c3ccon3)cc2)CC1. The molecule has 0 spiro atoms. The average molecular weight is 495 g/mol. The molecule has 2 aliphatic rings. The molecule has 2 heterocycles. The third-order valence-corrected chi connectivity index (χ3v) is 7.40. The minimum absolute atomic E-state index is 0.0974. The zero-order valence-corrected chi connectivity index (χ0v) is 20.4. The number of carboxylic acids is 1. The van der Waals surface area contributed by atoms with E-state index in [0.717, 1.165) is 56.4 Å². The van der Waals surface area contributed by atoms with Crippen molar-refractivity contribution >= 4 is 5.97 Å². The highest BCUT2D eigenvalue weighted by Crippen LogP contribution is 2.39. The van der Waals surface area contributed by atoms with E-state index in [0.29, 0.717) is 23.1 Å². The van der Waals surface area contributed by atoms with Crippen molar-refractivity contribution in [3.63, 3.8) is 0 Å². The van der Waals surface area contributed by atoms with Crippen LogP contribution in [0, 0.1) is 5.82 Å². The Labute approximate surface area is 209 Å².